The maximum Gasteiger partial charge on any atom is 0.243 e. The van der Waals surface area contributed by atoms with Gasteiger partial charge in [0.2, 0.25) is 10.0 Å². The summed E-state index contributed by atoms with van der Waals surface area (Å²) < 4.78 is 29.2. The molecule has 6 nitrogen and oxygen atoms in total. The van der Waals surface area contributed by atoms with E-state index in [0.717, 1.165) is 61.3 Å². The largest absolute Gasteiger partial charge is 0.317 e. The molecule has 0 aliphatic carbocycles. The van der Waals surface area contributed by atoms with Crippen LogP contribution in [0.3, 0.4) is 0 Å². The fourth-order valence-electron chi connectivity index (χ4n) is 4.53. The number of hydrogen-bond donors (Lipinski definition) is 2. The van der Waals surface area contributed by atoms with Crippen LogP contribution in [-0.4, -0.2) is 48.6 Å². The van der Waals surface area contributed by atoms with Crippen molar-refractivity contribution in [1.82, 2.24) is 19.8 Å². The molecule has 1 aliphatic heterocycles. The minimum atomic E-state index is -3.58. The van der Waals surface area contributed by atoms with Gasteiger partial charge in [-0.3, -0.25) is 5.10 Å². The highest BCUT2D eigenvalue weighted by molar-refractivity contribution is 7.89. The van der Waals surface area contributed by atoms with E-state index in [1.165, 1.54) is 0 Å². The van der Waals surface area contributed by atoms with Crippen molar-refractivity contribution in [3.63, 3.8) is 0 Å². The molecule has 1 aromatic heterocycles. The lowest BCUT2D eigenvalue weighted by Crippen LogP contribution is -2.46. The van der Waals surface area contributed by atoms with E-state index in [1.807, 2.05) is 42.5 Å². The highest BCUT2D eigenvalue weighted by Crippen LogP contribution is 2.27. The molecule has 0 spiro atoms. The first kappa shape index (κ1) is 24.6. The third kappa shape index (κ3) is 5.77. The van der Waals surface area contributed by atoms with Gasteiger partial charge in [-0.1, -0.05) is 63.2 Å². The second-order valence-electron chi connectivity index (χ2n) is 10.1. The summed E-state index contributed by atoms with van der Waals surface area (Å²) in [6.07, 6.45) is 3.16. The lowest BCUT2D eigenvalue weighted by molar-refractivity contribution is 0.260. The van der Waals surface area contributed by atoms with E-state index < -0.39 is 10.0 Å². The molecule has 182 valence electrons. The Kier molecular flexibility index (Phi) is 7.55. The summed E-state index contributed by atoms with van der Waals surface area (Å²) in [6, 6.07) is 19.6. The molecule has 4 rings (SSSR count). The van der Waals surface area contributed by atoms with Gasteiger partial charge in [-0.05, 0) is 68.0 Å². The minimum Gasteiger partial charge on any atom is -0.317 e. The van der Waals surface area contributed by atoms with Gasteiger partial charge in [-0.25, -0.2) is 8.42 Å². The Balaban J connectivity index is 1.48. The smallest absolute Gasteiger partial charge is 0.243 e. The maximum atomic E-state index is 13.7. The van der Waals surface area contributed by atoms with Crippen molar-refractivity contribution >= 4 is 10.0 Å². The summed E-state index contributed by atoms with van der Waals surface area (Å²) in [4.78, 5) is 0.381. The van der Waals surface area contributed by atoms with Crippen molar-refractivity contribution in [2.24, 2.45) is 0 Å². The Morgan fingerprint density at radius 3 is 2.32 bits per heavy atom. The van der Waals surface area contributed by atoms with Crippen molar-refractivity contribution in [3.8, 4) is 11.3 Å². The number of aromatic amines is 1. The van der Waals surface area contributed by atoms with Crippen LogP contribution in [-0.2, 0) is 21.9 Å². The average Bonchev–Trinajstić information content (AvgIpc) is 3.31. The Hall–Kier alpha value is -2.48. The van der Waals surface area contributed by atoms with Gasteiger partial charge in [0.1, 0.15) is 0 Å². The van der Waals surface area contributed by atoms with Crippen molar-refractivity contribution in [2.75, 3.05) is 19.6 Å². The Labute approximate surface area is 203 Å². The van der Waals surface area contributed by atoms with Gasteiger partial charge in [0.05, 0.1) is 10.6 Å². The van der Waals surface area contributed by atoms with E-state index >= 15 is 0 Å². The predicted octanol–water partition coefficient (Wildman–Crippen LogP) is 4.75. The van der Waals surface area contributed by atoms with Crippen LogP contribution in [0.15, 0.2) is 65.6 Å². The van der Waals surface area contributed by atoms with Crippen molar-refractivity contribution < 1.29 is 8.42 Å². The standard InChI is InChI=1S/C27H36N4O2S/c1-27(2,3)22-11-13-25(14-12-22)34(32,33)31(24-15-17-28-18-16-24)19-7-10-23-20-26(30-29-23)21-8-5-4-6-9-21/h4-6,8-9,11-14,20,24,28H,7,10,15-19H2,1-3H3,(H,29,30). The van der Waals surface area contributed by atoms with Gasteiger partial charge >= 0.3 is 0 Å². The number of nitrogens with zero attached hydrogens (tertiary/aromatic N) is 2. The number of aryl methyl sites for hydroxylation is 1. The Bertz CT molecular complexity index is 1160. The van der Waals surface area contributed by atoms with Crippen molar-refractivity contribution in [3.05, 3.63) is 71.9 Å². The summed E-state index contributed by atoms with van der Waals surface area (Å²) in [5.41, 5.74) is 4.13. The molecule has 1 saturated heterocycles. The molecular formula is C27H36N4O2S. The molecule has 2 N–H and O–H groups in total. The lowest BCUT2D eigenvalue weighted by Gasteiger charge is -2.34. The second-order valence-corrected chi connectivity index (χ2v) is 12.0. The normalized spacial score (nSPS) is 15.6. The average molecular weight is 481 g/mol. The highest BCUT2D eigenvalue weighted by Gasteiger charge is 2.32. The number of H-pyrrole nitrogens is 1. The maximum absolute atomic E-state index is 13.7. The van der Waals surface area contributed by atoms with E-state index in [9.17, 15) is 8.42 Å². The number of benzene rings is 2. The highest BCUT2D eigenvalue weighted by atomic mass is 32.2. The van der Waals surface area contributed by atoms with Crippen molar-refractivity contribution in [2.45, 2.75) is 62.8 Å². The first-order valence-corrected chi connectivity index (χ1v) is 13.6. The number of rotatable bonds is 8. The molecule has 0 amide bonds. The Morgan fingerprint density at radius 1 is 1.00 bits per heavy atom. The molecule has 2 aromatic carbocycles. The van der Waals surface area contributed by atoms with E-state index in [4.69, 9.17) is 0 Å². The van der Waals surface area contributed by atoms with E-state index in [1.54, 1.807) is 16.4 Å². The molecule has 34 heavy (non-hydrogen) atoms. The van der Waals surface area contributed by atoms with Crippen LogP contribution in [0.25, 0.3) is 11.3 Å². The van der Waals surface area contributed by atoms with Gasteiger partial charge in [0.25, 0.3) is 0 Å². The zero-order chi connectivity index (χ0) is 24.2. The summed E-state index contributed by atoms with van der Waals surface area (Å²) in [6.45, 7) is 8.60. The third-order valence-electron chi connectivity index (χ3n) is 6.57. The van der Waals surface area contributed by atoms with Crippen LogP contribution in [0, 0.1) is 0 Å². The fourth-order valence-corrected chi connectivity index (χ4v) is 6.25. The fraction of sp³-hybridized carbons (Fsp3) is 0.444. The Morgan fingerprint density at radius 2 is 1.68 bits per heavy atom. The summed E-state index contributed by atoms with van der Waals surface area (Å²) in [5, 5.41) is 10.9. The molecule has 0 radical (unpaired) electrons. The quantitative estimate of drug-likeness (QED) is 0.488. The van der Waals surface area contributed by atoms with Gasteiger partial charge in [-0.15, -0.1) is 0 Å². The summed E-state index contributed by atoms with van der Waals surface area (Å²) in [5.74, 6) is 0. The molecule has 1 fully saturated rings. The zero-order valence-electron chi connectivity index (χ0n) is 20.4. The van der Waals surface area contributed by atoms with Crippen LogP contribution in [0.2, 0.25) is 0 Å². The molecule has 1 aliphatic rings. The van der Waals surface area contributed by atoms with E-state index in [2.05, 4.69) is 42.4 Å². The number of aromatic nitrogens is 2. The van der Waals surface area contributed by atoms with Gasteiger partial charge in [0, 0.05) is 23.8 Å². The molecule has 7 heteroatoms. The number of hydrogen-bond acceptors (Lipinski definition) is 4. The first-order chi connectivity index (χ1) is 16.2. The molecule has 0 unspecified atom stereocenters. The van der Waals surface area contributed by atoms with Gasteiger partial charge in [0.15, 0.2) is 0 Å². The summed E-state index contributed by atoms with van der Waals surface area (Å²) >= 11 is 0. The number of piperidine rings is 1. The lowest BCUT2D eigenvalue weighted by atomic mass is 9.87. The topological polar surface area (TPSA) is 78.1 Å². The van der Waals surface area contributed by atoms with Gasteiger partial charge < -0.3 is 5.32 Å². The first-order valence-electron chi connectivity index (χ1n) is 12.2. The third-order valence-corrected chi connectivity index (χ3v) is 8.53. The second kappa shape index (κ2) is 10.4. The zero-order valence-corrected chi connectivity index (χ0v) is 21.2. The van der Waals surface area contributed by atoms with Crippen LogP contribution in [0.1, 0.15) is 51.3 Å². The van der Waals surface area contributed by atoms with Gasteiger partial charge in [-0.2, -0.15) is 9.40 Å². The predicted molar refractivity (Wildman–Crippen MR) is 137 cm³/mol. The SMILES string of the molecule is CC(C)(C)c1ccc(S(=O)(=O)N(CCCc2cc(-c3ccccc3)n[nH]2)C2CCNCC2)cc1. The number of nitrogens with one attached hydrogen (secondary N) is 2. The molecular weight excluding hydrogens is 444 g/mol. The van der Waals surface area contributed by atoms with Crippen LogP contribution in [0.5, 0.6) is 0 Å². The molecule has 0 saturated carbocycles. The van der Waals surface area contributed by atoms with Crippen LogP contribution >= 0.6 is 0 Å². The van der Waals surface area contributed by atoms with Crippen LogP contribution in [0.4, 0.5) is 0 Å². The molecule has 2 heterocycles. The molecule has 0 bridgehead atoms. The molecule has 3 aromatic rings. The van der Waals surface area contributed by atoms with E-state index in [0.29, 0.717) is 11.4 Å². The van der Waals surface area contributed by atoms with Crippen LogP contribution < -0.4 is 5.32 Å². The molecule has 0 atom stereocenters. The van der Waals surface area contributed by atoms with Crippen molar-refractivity contribution in [1.29, 1.82) is 0 Å². The van der Waals surface area contributed by atoms with E-state index in [-0.39, 0.29) is 11.5 Å². The number of sulfonamides is 1. The minimum absolute atomic E-state index is 0.0142. The monoisotopic (exact) mass is 480 g/mol. The summed E-state index contributed by atoms with van der Waals surface area (Å²) in [7, 11) is -3.58.